The number of ether oxygens (including phenoxy) is 2. The number of hydrogen-bond acceptors (Lipinski definition) is 4. The van der Waals surface area contributed by atoms with E-state index in [0.29, 0.717) is 23.1 Å². The molecule has 0 saturated heterocycles. The molecule has 1 aliphatic carbocycles. The molecule has 0 unspecified atom stereocenters. The number of nitrogens with zero attached hydrogens (tertiary/aromatic N) is 2. The molecule has 61 heavy (non-hydrogen) atoms. The standard InChI is InChI=1S/C57H36N2O2/c1-4-16-40(17-5-1)56-58-49(36-50(59-56)45-25-14-18-38-15-10-11-23-44(38)45)39-29-27-37(28-30-39)41-31-33-51-53(35-41)61-55-52(60-51)34-32-48-54(55)46-24-12-13-26-47(46)57(48,42-19-6-2-7-20-42)43-21-8-3-9-22-43/h1-36H. The molecule has 1 aromatic heterocycles. The molecular formula is C57H36N2O2. The van der Waals surface area contributed by atoms with E-state index in [1.165, 1.54) is 27.6 Å². The van der Waals surface area contributed by atoms with Crippen LogP contribution in [-0.2, 0) is 5.41 Å². The smallest absolute Gasteiger partial charge is 0.178 e. The van der Waals surface area contributed by atoms with Crippen LogP contribution in [0.1, 0.15) is 22.3 Å². The van der Waals surface area contributed by atoms with Crippen molar-refractivity contribution in [2.24, 2.45) is 0 Å². The lowest BCUT2D eigenvalue weighted by Gasteiger charge is -2.34. The molecule has 10 aromatic rings. The lowest BCUT2D eigenvalue weighted by molar-refractivity contribution is 0.360. The molecule has 0 fully saturated rings. The second-order valence-electron chi connectivity index (χ2n) is 15.6. The van der Waals surface area contributed by atoms with Crippen molar-refractivity contribution in [3.05, 3.63) is 241 Å². The van der Waals surface area contributed by atoms with Crippen LogP contribution in [0.3, 0.4) is 0 Å². The van der Waals surface area contributed by atoms with Gasteiger partial charge >= 0.3 is 0 Å². The maximum absolute atomic E-state index is 7.00. The summed E-state index contributed by atoms with van der Waals surface area (Å²) in [5.41, 5.74) is 13.4. The van der Waals surface area contributed by atoms with Crippen LogP contribution in [0.2, 0.25) is 0 Å². The van der Waals surface area contributed by atoms with Crippen LogP contribution < -0.4 is 9.47 Å². The summed E-state index contributed by atoms with van der Waals surface area (Å²) in [6.45, 7) is 0. The highest BCUT2D eigenvalue weighted by molar-refractivity contribution is 5.97. The highest BCUT2D eigenvalue weighted by Gasteiger charge is 2.48. The Morgan fingerprint density at radius 1 is 0.361 bits per heavy atom. The molecule has 0 radical (unpaired) electrons. The molecule has 2 heterocycles. The topological polar surface area (TPSA) is 44.2 Å². The highest BCUT2D eigenvalue weighted by Crippen LogP contribution is 2.62. The van der Waals surface area contributed by atoms with Gasteiger partial charge in [-0.05, 0) is 74.0 Å². The van der Waals surface area contributed by atoms with E-state index in [-0.39, 0.29) is 0 Å². The van der Waals surface area contributed by atoms with Gasteiger partial charge < -0.3 is 9.47 Å². The number of benzene rings is 9. The highest BCUT2D eigenvalue weighted by atomic mass is 16.6. The van der Waals surface area contributed by atoms with Crippen LogP contribution in [0, 0.1) is 0 Å². The Kier molecular flexibility index (Phi) is 8.04. The predicted molar refractivity (Wildman–Crippen MR) is 245 cm³/mol. The van der Waals surface area contributed by atoms with E-state index in [1.54, 1.807) is 0 Å². The van der Waals surface area contributed by atoms with Gasteiger partial charge in [0.15, 0.2) is 28.8 Å². The molecule has 4 nitrogen and oxygen atoms in total. The zero-order valence-corrected chi connectivity index (χ0v) is 33.0. The first-order chi connectivity index (χ1) is 30.2. The fourth-order valence-corrected chi connectivity index (χ4v) is 9.48. The monoisotopic (exact) mass is 780 g/mol. The minimum Gasteiger partial charge on any atom is -0.449 e. The second kappa shape index (κ2) is 14.0. The van der Waals surface area contributed by atoms with Gasteiger partial charge in [-0.1, -0.05) is 194 Å². The minimum absolute atomic E-state index is 0.530. The molecule has 12 rings (SSSR count). The molecule has 0 amide bonds. The Hall–Kier alpha value is -8.08. The molecular weight excluding hydrogens is 745 g/mol. The molecule has 1 aliphatic heterocycles. The summed E-state index contributed by atoms with van der Waals surface area (Å²) in [4.78, 5) is 10.2. The van der Waals surface area contributed by atoms with Crippen LogP contribution in [-0.4, -0.2) is 9.97 Å². The van der Waals surface area contributed by atoms with E-state index in [2.05, 4.69) is 194 Å². The lowest BCUT2D eigenvalue weighted by Crippen LogP contribution is -2.28. The zero-order valence-electron chi connectivity index (χ0n) is 33.0. The Labute approximate surface area is 354 Å². The number of fused-ring (bicyclic) bond motifs is 7. The largest absolute Gasteiger partial charge is 0.449 e. The van der Waals surface area contributed by atoms with Crippen LogP contribution in [0.15, 0.2) is 218 Å². The molecule has 2 aliphatic rings. The fourth-order valence-electron chi connectivity index (χ4n) is 9.48. The van der Waals surface area contributed by atoms with Crippen molar-refractivity contribution in [3.63, 3.8) is 0 Å². The first-order valence-electron chi connectivity index (χ1n) is 20.6. The number of aromatic nitrogens is 2. The molecule has 0 atom stereocenters. The van der Waals surface area contributed by atoms with Crippen LogP contribution >= 0.6 is 0 Å². The van der Waals surface area contributed by atoms with Crippen molar-refractivity contribution in [3.8, 4) is 79.2 Å². The van der Waals surface area contributed by atoms with Crippen molar-refractivity contribution >= 4 is 10.8 Å². The average Bonchev–Trinajstić information content (AvgIpc) is 3.65. The van der Waals surface area contributed by atoms with Gasteiger partial charge in [0.1, 0.15) is 0 Å². The Morgan fingerprint density at radius 2 is 0.967 bits per heavy atom. The molecule has 4 heteroatoms. The summed E-state index contributed by atoms with van der Waals surface area (Å²) in [5.74, 6) is 3.50. The predicted octanol–water partition coefficient (Wildman–Crippen LogP) is 14.6. The van der Waals surface area contributed by atoms with Crippen molar-refractivity contribution < 1.29 is 9.47 Å². The third-order valence-electron chi connectivity index (χ3n) is 12.3. The van der Waals surface area contributed by atoms with Gasteiger partial charge in [0, 0.05) is 22.3 Å². The van der Waals surface area contributed by atoms with Crippen molar-refractivity contribution in [2.75, 3.05) is 0 Å². The normalized spacial score (nSPS) is 13.0. The van der Waals surface area contributed by atoms with Gasteiger partial charge in [0.25, 0.3) is 0 Å². The number of hydrogen-bond donors (Lipinski definition) is 0. The summed E-state index contributed by atoms with van der Waals surface area (Å²) < 4.78 is 13.6. The second-order valence-corrected chi connectivity index (χ2v) is 15.6. The first kappa shape index (κ1) is 34.9. The van der Waals surface area contributed by atoms with E-state index < -0.39 is 5.41 Å². The van der Waals surface area contributed by atoms with E-state index in [0.717, 1.165) is 61.5 Å². The molecule has 0 spiro atoms. The summed E-state index contributed by atoms with van der Waals surface area (Å²) in [6.07, 6.45) is 0. The Bertz CT molecular complexity index is 3250. The van der Waals surface area contributed by atoms with Gasteiger partial charge in [-0.15, -0.1) is 0 Å². The van der Waals surface area contributed by atoms with Gasteiger partial charge in [0.05, 0.1) is 16.8 Å². The summed E-state index contributed by atoms with van der Waals surface area (Å²) >= 11 is 0. The third-order valence-corrected chi connectivity index (χ3v) is 12.3. The zero-order chi connectivity index (χ0) is 40.3. The Morgan fingerprint density at radius 3 is 1.75 bits per heavy atom. The first-order valence-corrected chi connectivity index (χ1v) is 20.6. The van der Waals surface area contributed by atoms with Crippen LogP contribution in [0.25, 0.3) is 66.9 Å². The SMILES string of the molecule is c1ccc(-c2nc(-c3ccc(-c4ccc5c(c4)Oc4c(ccc6c4-c4ccccc4C6(c4ccccc4)c4ccccc4)O5)cc3)cc(-c3cccc4ccccc34)n2)cc1. The van der Waals surface area contributed by atoms with E-state index in [9.17, 15) is 0 Å². The minimum atomic E-state index is -0.530. The maximum Gasteiger partial charge on any atom is 0.178 e. The van der Waals surface area contributed by atoms with Gasteiger partial charge in [-0.2, -0.15) is 0 Å². The van der Waals surface area contributed by atoms with E-state index in [1.807, 2.05) is 24.3 Å². The van der Waals surface area contributed by atoms with Crippen molar-refractivity contribution in [2.45, 2.75) is 5.41 Å². The van der Waals surface area contributed by atoms with E-state index >= 15 is 0 Å². The van der Waals surface area contributed by atoms with E-state index in [4.69, 9.17) is 19.4 Å². The van der Waals surface area contributed by atoms with Gasteiger partial charge in [-0.25, -0.2) is 9.97 Å². The summed E-state index contributed by atoms with van der Waals surface area (Å²) in [5, 5.41) is 2.33. The molecule has 0 saturated carbocycles. The van der Waals surface area contributed by atoms with Crippen LogP contribution in [0.5, 0.6) is 23.0 Å². The number of rotatable bonds is 6. The molecule has 0 N–H and O–H groups in total. The quantitative estimate of drug-likeness (QED) is 0.169. The van der Waals surface area contributed by atoms with Crippen molar-refractivity contribution in [1.29, 1.82) is 0 Å². The average molecular weight is 781 g/mol. The Balaban J connectivity index is 0.927. The summed E-state index contributed by atoms with van der Waals surface area (Å²) in [6, 6.07) is 76.5. The summed E-state index contributed by atoms with van der Waals surface area (Å²) in [7, 11) is 0. The third kappa shape index (κ3) is 5.61. The molecule has 286 valence electrons. The van der Waals surface area contributed by atoms with Gasteiger partial charge in [-0.3, -0.25) is 0 Å². The maximum atomic E-state index is 7.00. The van der Waals surface area contributed by atoms with Crippen molar-refractivity contribution in [1.82, 2.24) is 9.97 Å². The van der Waals surface area contributed by atoms with Gasteiger partial charge in [0.2, 0.25) is 0 Å². The molecule has 9 aromatic carbocycles. The fraction of sp³-hybridized carbons (Fsp3) is 0.0175. The van der Waals surface area contributed by atoms with Crippen LogP contribution in [0.4, 0.5) is 0 Å². The lowest BCUT2D eigenvalue weighted by atomic mass is 9.68. The molecule has 0 bridgehead atoms.